The molecule has 0 aliphatic heterocycles. The predicted molar refractivity (Wildman–Crippen MR) is 79.8 cm³/mol. The van der Waals surface area contributed by atoms with Gasteiger partial charge in [-0.3, -0.25) is 10.1 Å². The molecule has 106 valence electrons. The molecule has 5 nitrogen and oxygen atoms in total. The van der Waals surface area contributed by atoms with Crippen LogP contribution in [0.15, 0.2) is 48.5 Å². The number of para-hydroxylation sites is 1. The molecule has 0 aliphatic carbocycles. The molecule has 0 unspecified atom stereocenters. The molecular weight excluding hydrogens is 270 g/mol. The zero-order valence-corrected chi connectivity index (χ0v) is 11.4. The second-order valence-corrected chi connectivity index (χ2v) is 4.23. The summed E-state index contributed by atoms with van der Waals surface area (Å²) in [4.78, 5) is 22.2. The van der Waals surface area contributed by atoms with E-state index in [1.165, 1.54) is 13.2 Å². The molecule has 0 N–H and O–H groups in total. The van der Waals surface area contributed by atoms with Gasteiger partial charge >= 0.3 is 5.97 Å². The minimum Gasteiger partial charge on any atom is -0.465 e. The first-order chi connectivity index (χ1) is 10.1. The summed E-state index contributed by atoms with van der Waals surface area (Å²) in [6.45, 7) is 0. The number of nitro benzene ring substituents is 1. The van der Waals surface area contributed by atoms with Crippen LogP contribution >= 0.6 is 0 Å². The van der Waals surface area contributed by atoms with Crippen molar-refractivity contribution in [3.8, 4) is 0 Å². The number of carbonyl (C=O) groups excluding carboxylic acids is 1. The van der Waals surface area contributed by atoms with Gasteiger partial charge in [-0.05, 0) is 23.8 Å². The van der Waals surface area contributed by atoms with Crippen LogP contribution < -0.4 is 0 Å². The number of methoxy groups -OCH3 is 1. The summed E-state index contributed by atoms with van der Waals surface area (Å²) < 4.78 is 4.71. The molecular formula is C16H13NO4. The maximum Gasteiger partial charge on any atom is 0.338 e. The molecule has 0 heterocycles. The summed E-state index contributed by atoms with van der Waals surface area (Å²) in [5.74, 6) is -0.446. The van der Waals surface area contributed by atoms with E-state index in [1.807, 2.05) is 0 Å². The van der Waals surface area contributed by atoms with Crippen molar-refractivity contribution in [3.63, 3.8) is 0 Å². The highest BCUT2D eigenvalue weighted by Gasteiger charge is 2.11. The maximum atomic E-state index is 11.7. The maximum absolute atomic E-state index is 11.7. The van der Waals surface area contributed by atoms with Crippen LogP contribution in [-0.4, -0.2) is 18.0 Å². The number of carbonyl (C=O) groups is 1. The molecule has 0 aromatic heterocycles. The van der Waals surface area contributed by atoms with E-state index < -0.39 is 10.9 Å². The number of esters is 1. The van der Waals surface area contributed by atoms with Gasteiger partial charge in [0.15, 0.2) is 0 Å². The van der Waals surface area contributed by atoms with Crippen molar-refractivity contribution >= 4 is 23.8 Å². The van der Waals surface area contributed by atoms with E-state index in [2.05, 4.69) is 0 Å². The fourth-order valence-electron chi connectivity index (χ4n) is 1.91. The van der Waals surface area contributed by atoms with E-state index in [9.17, 15) is 14.9 Å². The van der Waals surface area contributed by atoms with E-state index in [-0.39, 0.29) is 5.69 Å². The lowest BCUT2D eigenvalue weighted by atomic mass is 10.1. The van der Waals surface area contributed by atoms with Gasteiger partial charge < -0.3 is 4.74 Å². The molecule has 0 amide bonds. The van der Waals surface area contributed by atoms with E-state index >= 15 is 0 Å². The highest BCUT2D eigenvalue weighted by molar-refractivity contribution is 5.94. The number of hydrogen-bond donors (Lipinski definition) is 0. The lowest BCUT2D eigenvalue weighted by molar-refractivity contribution is -0.385. The Hall–Kier alpha value is -2.95. The fourth-order valence-corrected chi connectivity index (χ4v) is 1.91. The van der Waals surface area contributed by atoms with Gasteiger partial charge in [-0.15, -0.1) is 0 Å². The average Bonchev–Trinajstić information content (AvgIpc) is 2.52. The first-order valence-corrected chi connectivity index (χ1v) is 6.22. The first kappa shape index (κ1) is 14.5. The summed E-state index contributed by atoms with van der Waals surface area (Å²) in [6.07, 6.45) is 3.27. The summed E-state index contributed by atoms with van der Waals surface area (Å²) in [5, 5.41) is 11.0. The third kappa shape index (κ3) is 3.33. The van der Waals surface area contributed by atoms with Crippen molar-refractivity contribution in [2.24, 2.45) is 0 Å². The van der Waals surface area contributed by atoms with Gasteiger partial charge in [-0.1, -0.05) is 36.4 Å². The van der Waals surface area contributed by atoms with Crippen LogP contribution in [0.4, 0.5) is 5.69 Å². The molecule has 21 heavy (non-hydrogen) atoms. The van der Waals surface area contributed by atoms with Crippen LogP contribution in [0.25, 0.3) is 12.2 Å². The molecule has 2 aromatic rings. The van der Waals surface area contributed by atoms with Gasteiger partial charge in [0.25, 0.3) is 5.69 Å². The Kier molecular flexibility index (Phi) is 4.46. The third-order valence-electron chi connectivity index (χ3n) is 2.94. The molecule has 0 radical (unpaired) electrons. The quantitative estimate of drug-likeness (QED) is 0.372. The lowest BCUT2D eigenvalue weighted by Gasteiger charge is -2.03. The smallest absolute Gasteiger partial charge is 0.338 e. The van der Waals surface area contributed by atoms with E-state index in [0.717, 1.165) is 0 Å². The lowest BCUT2D eigenvalue weighted by Crippen LogP contribution is -2.03. The van der Waals surface area contributed by atoms with E-state index in [1.54, 1.807) is 54.6 Å². The summed E-state index contributed by atoms with van der Waals surface area (Å²) in [6, 6.07) is 13.3. The van der Waals surface area contributed by atoms with E-state index in [4.69, 9.17) is 4.74 Å². The normalized spacial score (nSPS) is 10.5. The Bertz CT molecular complexity index is 707. The minimum atomic E-state index is -0.446. The van der Waals surface area contributed by atoms with Crippen LogP contribution in [0.3, 0.4) is 0 Å². The van der Waals surface area contributed by atoms with Crippen LogP contribution in [-0.2, 0) is 4.74 Å². The van der Waals surface area contributed by atoms with Crippen LogP contribution in [0.5, 0.6) is 0 Å². The van der Waals surface area contributed by atoms with Crippen LogP contribution in [0, 0.1) is 10.1 Å². The molecule has 2 rings (SSSR count). The molecule has 5 heteroatoms. The second kappa shape index (κ2) is 6.47. The number of ether oxygens (including phenoxy) is 1. The number of rotatable bonds is 4. The Morgan fingerprint density at radius 2 is 1.62 bits per heavy atom. The first-order valence-electron chi connectivity index (χ1n) is 6.22. The predicted octanol–water partition coefficient (Wildman–Crippen LogP) is 3.55. The Labute approximate surface area is 121 Å². The van der Waals surface area contributed by atoms with Crippen LogP contribution in [0.2, 0.25) is 0 Å². The zero-order chi connectivity index (χ0) is 15.2. The van der Waals surface area contributed by atoms with Crippen molar-refractivity contribution in [2.45, 2.75) is 0 Å². The summed E-state index contributed by atoms with van der Waals surface area (Å²) >= 11 is 0. The Morgan fingerprint density at radius 3 is 2.29 bits per heavy atom. The fraction of sp³-hybridized carbons (Fsp3) is 0.0625. The summed E-state index contributed by atoms with van der Waals surface area (Å²) in [7, 11) is 1.31. The molecule has 0 fully saturated rings. The van der Waals surface area contributed by atoms with Gasteiger partial charge in [0.1, 0.15) is 0 Å². The number of benzene rings is 2. The largest absolute Gasteiger partial charge is 0.465 e. The SMILES string of the molecule is COC(=O)c1ccccc1/C=C/c1ccccc1[N+](=O)[O-]. The van der Waals surface area contributed by atoms with Crippen molar-refractivity contribution in [1.82, 2.24) is 0 Å². The van der Waals surface area contributed by atoms with Gasteiger partial charge in [0, 0.05) is 6.07 Å². The standard InChI is InChI=1S/C16H13NO4/c1-21-16(18)14-8-4-2-6-12(14)10-11-13-7-3-5-9-15(13)17(19)20/h2-11H,1H3/b11-10+. The van der Waals surface area contributed by atoms with Crippen molar-refractivity contribution in [3.05, 3.63) is 75.3 Å². The average molecular weight is 283 g/mol. The Balaban J connectivity index is 2.39. The topological polar surface area (TPSA) is 69.4 Å². The highest BCUT2D eigenvalue weighted by atomic mass is 16.6. The van der Waals surface area contributed by atoms with Crippen LogP contribution in [0.1, 0.15) is 21.5 Å². The second-order valence-electron chi connectivity index (χ2n) is 4.23. The molecule has 0 saturated heterocycles. The molecule has 0 atom stereocenters. The molecule has 0 spiro atoms. The van der Waals surface area contributed by atoms with Gasteiger partial charge in [0.05, 0.1) is 23.2 Å². The van der Waals surface area contributed by atoms with Crippen molar-refractivity contribution < 1.29 is 14.5 Å². The minimum absolute atomic E-state index is 0.0179. The molecule has 0 bridgehead atoms. The summed E-state index contributed by atoms with van der Waals surface area (Å²) in [5.41, 5.74) is 1.55. The molecule has 0 saturated carbocycles. The molecule has 0 aliphatic rings. The van der Waals surface area contributed by atoms with Gasteiger partial charge in [-0.25, -0.2) is 4.79 Å². The highest BCUT2D eigenvalue weighted by Crippen LogP contribution is 2.21. The Morgan fingerprint density at radius 1 is 1.05 bits per heavy atom. The number of nitrogens with zero attached hydrogens (tertiary/aromatic N) is 1. The number of hydrogen-bond acceptors (Lipinski definition) is 4. The zero-order valence-electron chi connectivity index (χ0n) is 11.4. The van der Waals surface area contributed by atoms with Gasteiger partial charge in [-0.2, -0.15) is 0 Å². The van der Waals surface area contributed by atoms with E-state index in [0.29, 0.717) is 16.7 Å². The van der Waals surface area contributed by atoms with Crippen molar-refractivity contribution in [1.29, 1.82) is 0 Å². The van der Waals surface area contributed by atoms with Gasteiger partial charge in [0.2, 0.25) is 0 Å². The number of nitro groups is 1. The third-order valence-corrected chi connectivity index (χ3v) is 2.94. The monoisotopic (exact) mass is 283 g/mol. The molecule has 2 aromatic carbocycles. The van der Waals surface area contributed by atoms with Crippen molar-refractivity contribution in [2.75, 3.05) is 7.11 Å².